The molecule has 0 heterocycles. The van der Waals surface area contributed by atoms with E-state index in [0.29, 0.717) is 35.2 Å². The lowest BCUT2D eigenvalue weighted by Gasteiger charge is -2.59. The fourth-order valence-electron chi connectivity index (χ4n) is 9.52. The molecule has 3 saturated carbocycles. The first-order valence-corrected chi connectivity index (χ1v) is 14.5. The Morgan fingerprint density at radius 2 is 1.67 bits per heavy atom. The fourth-order valence-corrected chi connectivity index (χ4v) is 9.52. The van der Waals surface area contributed by atoms with E-state index < -0.39 is 5.60 Å². The van der Waals surface area contributed by atoms with Crippen LogP contribution in [0.3, 0.4) is 0 Å². The van der Waals surface area contributed by atoms with Gasteiger partial charge in [-0.1, -0.05) is 59.6 Å². The summed E-state index contributed by atoms with van der Waals surface area (Å²) in [5.74, 6) is 5.88. The Morgan fingerprint density at radius 1 is 0.939 bits per heavy atom. The fraction of sp³-hybridized carbons (Fsp3) is 0.935. The molecule has 0 bridgehead atoms. The lowest BCUT2D eigenvalue weighted by molar-refractivity contribution is -0.0708. The number of fused-ring (bicyclic) bond motifs is 5. The zero-order valence-electron chi connectivity index (χ0n) is 22.9. The van der Waals surface area contributed by atoms with Crippen LogP contribution in [0.2, 0.25) is 0 Å². The molecule has 3 fully saturated rings. The Hall–Kier alpha value is -0.340. The number of rotatable bonds is 7. The van der Waals surface area contributed by atoms with Crippen LogP contribution >= 0.6 is 0 Å². The summed E-state index contributed by atoms with van der Waals surface area (Å²) in [4.78, 5) is 0. The highest BCUT2D eigenvalue weighted by molar-refractivity contribution is 5.26. The van der Waals surface area contributed by atoms with Crippen LogP contribution in [0.4, 0.5) is 0 Å². The molecule has 4 aliphatic rings. The summed E-state index contributed by atoms with van der Waals surface area (Å²) in [6.07, 6.45) is 15.0. The number of allylic oxidation sites excluding steroid dienone is 1. The summed E-state index contributed by atoms with van der Waals surface area (Å²) < 4.78 is 0. The van der Waals surface area contributed by atoms with E-state index in [1.807, 2.05) is 6.92 Å². The molecule has 2 unspecified atom stereocenters. The first kappa shape index (κ1) is 25.7. The maximum atomic E-state index is 10.7. The van der Waals surface area contributed by atoms with Crippen molar-refractivity contribution in [1.29, 1.82) is 0 Å². The lowest BCUT2D eigenvalue weighted by atomic mass is 9.46. The van der Waals surface area contributed by atoms with E-state index in [9.17, 15) is 10.2 Å². The molecule has 2 N–H and O–H groups in total. The van der Waals surface area contributed by atoms with Crippen LogP contribution in [-0.2, 0) is 0 Å². The van der Waals surface area contributed by atoms with Crippen LogP contribution in [0.25, 0.3) is 0 Å². The van der Waals surface area contributed by atoms with Gasteiger partial charge in [-0.05, 0) is 123 Å². The standard InChI is InChI=1S/C31H54O2/c1-20(2)22(4)23(19-32)9-8-21(3)26-12-13-27-25-11-10-24-18-29(5,33)16-17-30(24,6)28(25)14-15-31(26,27)7/h10,20-23,25-28,32-33H,8-9,11-19H2,1-7H3/t21-,22?,23?,25+,26-,27+,28+,29+,30+,31-/m1/s1. The molecule has 4 rings (SSSR count). The van der Waals surface area contributed by atoms with Crippen molar-refractivity contribution in [3.05, 3.63) is 11.6 Å². The highest BCUT2D eigenvalue weighted by atomic mass is 16.3. The van der Waals surface area contributed by atoms with Crippen LogP contribution in [-0.4, -0.2) is 22.4 Å². The van der Waals surface area contributed by atoms with Gasteiger partial charge in [0.05, 0.1) is 5.60 Å². The number of hydrogen-bond acceptors (Lipinski definition) is 2. The second kappa shape index (κ2) is 9.27. The topological polar surface area (TPSA) is 40.5 Å². The smallest absolute Gasteiger partial charge is 0.0657 e. The summed E-state index contributed by atoms with van der Waals surface area (Å²) in [5.41, 5.74) is 1.92. The number of aliphatic hydroxyl groups excluding tert-OH is 1. The van der Waals surface area contributed by atoms with Crippen molar-refractivity contribution < 1.29 is 10.2 Å². The van der Waals surface area contributed by atoms with Crippen LogP contribution in [0.1, 0.15) is 113 Å². The van der Waals surface area contributed by atoms with Gasteiger partial charge in [-0.25, -0.2) is 0 Å². The summed E-state index contributed by atoms with van der Waals surface area (Å²) in [7, 11) is 0. The van der Waals surface area contributed by atoms with Crippen molar-refractivity contribution in [3.8, 4) is 0 Å². The Bertz CT molecular complexity index is 722. The van der Waals surface area contributed by atoms with Gasteiger partial charge in [-0.15, -0.1) is 0 Å². The van der Waals surface area contributed by atoms with E-state index in [2.05, 4.69) is 47.6 Å². The molecule has 190 valence electrons. The zero-order valence-corrected chi connectivity index (χ0v) is 22.9. The molecule has 2 heteroatoms. The Labute approximate surface area is 205 Å². The summed E-state index contributed by atoms with van der Waals surface area (Å²) in [6.45, 7) is 17.1. The van der Waals surface area contributed by atoms with Crippen LogP contribution in [0, 0.1) is 58.2 Å². The molecule has 0 radical (unpaired) electrons. The second-order valence-electron chi connectivity index (χ2n) is 14.3. The molecular weight excluding hydrogens is 404 g/mol. The Morgan fingerprint density at radius 3 is 2.33 bits per heavy atom. The van der Waals surface area contributed by atoms with Gasteiger partial charge in [-0.2, -0.15) is 0 Å². The Kier molecular flexibility index (Phi) is 7.23. The van der Waals surface area contributed by atoms with Gasteiger partial charge >= 0.3 is 0 Å². The molecule has 0 amide bonds. The third-order valence-electron chi connectivity index (χ3n) is 12.2. The first-order valence-electron chi connectivity index (χ1n) is 14.5. The van der Waals surface area contributed by atoms with Gasteiger partial charge in [0.1, 0.15) is 0 Å². The van der Waals surface area contributed by atoms with Crippen molar-refractivity contribution in [2.45, 2.75) is 118 Å². The maximum Gasteiger partial charge on any atom is 0.0657 e. The minimum absolute atomic E-state index is 0.331. The SMILES string of the molecule is CC(C)C(C)C(CO)CC[C@@H](C)[C@H]1CC[C@H]2[C@@H]3CC=C4C[C@@](C)(O)CC[C@]4(C)[C@H]3CC[C@]12C. The molecule has 4 aliphatic carbocycles. The molecule has 0 aromatic carbocycles. The third kappa shape index (κ3) is 4.50. The Balaban J connectivity index is 1.45. The molecule has 2 nitrogen and oxygen atoms in total. The van der Waals surface area contributed by atoms with Crippen molar-refractivity contribution in [3.63, 3.8) is 0 Å². The minimum atomic E-state index is -0.491. The average Bonchev–Trinajstić information content (AvgIpc) is 3.11. The highest BCUT2D eigenvalue weighted by Crippen LogP contribution is 2.67. The highest BCUT2D eigenvalue weighted by Gasteiger charge is 2.59. The van der Waals surface area contributed by atoms with Gasteiger partial charge in [0.15, 0.2) is 0 Å². The van der Waals surface area contributed by atoms with Gasteiger partial charge in [0.25, 0.3) is 0 Å². The normalized spacial score (nSPS) is 45.6. The van der Waals surface area contributed by atoms with Gasteiger partial charge in [0, 0.05) is 6.61 Å². The van der Waals surface area contributed by atoms with Gasteiger partial charge in [-0.3, -0.25) is 0 Å². The summed E-state index contributed by atoms with van der Waals surface area (Å²) >= 11 is 0. The van der Waals surface area contributed by atoms with Crippen molar-refractivity contribution >= 4 is 0 Å². The third-order valence-corrected chi connectivity index (χ3v) is 12.2. The van der Waals surface area contributed by atoms with Crippen LogP contribution < -0.4 is 0 Å². The maximum absolute atomic E-state index is 10.7. The van der Waals surface area contributed by atoms with E-state index in [1.165, 1.54) is 51.4 Å². The van der Waals surface area contributed by atoms with E-state index in [4.69, 9.17) is 0 Å². The van der Waals surface area contributed by atoms with Gasteiger partial charge < -0.3 is 10.2 Å². The second-order valence-corrected chi connectivity index (χ2v) is 14.3. The number of hydrogen-bond donors (Lipinski definition) is 2. The molecular formula is C31H54O2. The van der Waals surface area contributed by atoms with E-state index >= 15 is 0 Å². The van der Waals surface area contributed by atoms with Crippen LogP contribution in [0.5, 0.6) is 0 Å². The summed E-state index contributed by atoms with van der Waals surface area (Å²) in [6, 6.07) is 0. The quantitative estimate of drug-likeness (QED) is 0.385. The van der Waals surface area contributed by atoms with E-state index in [1.54, 1.807) is 5.57 Å². The molecule has 0 aliphatic heterocycles. The van der Waals surface area contributed by atoms with Crippen LogP contribution in [0.15, 0.2) is 11.6 Å². The molecule has 0 aromatic rings. The molecule has 0 saturated heterocycles. The summed E-state index contributed by atoms with van der Waals surface area (Å²) in [5, 5.41) is 20.7. The predicted octanol–water partition coefficient (Wildman–Crippen LogP) is 7.63. The minimum Gasteiger partial charge on any atom is -0.396 e. The van der Waals surface area contributed by atoms with Gasteiger partial charge in [0.2, 0.25) is 0 Å². The number of aliphatic hydroxyl groups is 2. The van der Waals surface area contributed by atoms with E-state index in [-0.39, 0.29) is 0 Å². The average molecular weight is 459 g/mol. The molecule has 0 aromatic heterocycles. The first-order chi connectivity index (χ1) is 15.4. The molecule has 0 spiro atoms. The molecule has 10 atom stereocenters. The molecule has 33 heavy (non-hydrogen) atoms. The van der Waals surface area contributed by atoms with Crippen molar-refractivity contribution in [2.75, 3.05) is 6.61 Å². The van der Waals surface area contributed by atoms with Crippen molar-refractivity contribution in [2.24, 2.45) is 58.2 Å². The predicted molar refractivity (Wildman–Crippen MR) is 139 cm³/mol. The van der Waals surface area contributed by atoms with Crippen molar-refractivity contribution in [1.82, 2.24) is 0 Å². The lowest BCUT2D eigenvalue weighted by Crippen LogP contribution is -2.52. The zero-order chi connectivity index (χ0) is 24.2. The monoisotopic (exact) mass is 458 g/mol. The largest absolute Gasteiger partial charge is 0.396 e. The van der Waals surface area contributed by atoms with E-state index in [0.717, 1.165) is 42.4 Å².